The van der Waals surface area contributed by atoms with Gasteiger partial charge in [-0.1, -0.05) is 36.3 Å². The Morgan fingerprint density at radius 3 is 2.63 bits per heavy atom. The van der Waals surface area contributed by atoms with Gasteiger partial charge in [0.2, 0.25) is 5.89 Å². The van der Waals surface area contributed by atoms with Crippen molar-refractivity contribution < 1.29 is 4.42 Å². The topological polar surface area (TPSA) is 63.0 Å². The van der Waals surface area contributed by atoms with E-state index in [1.807, 2.05) is 6.92 Å². The van der Waals surface area contributed by atoms with Gasteiger partial charge in [0.25, 0.3) is 0 Å². The van der Waals surface area contributed by atoms with Crippen molar-refractivity contribution in [3.8, 4) is 0 Å². The third-order valence-electron chi connectivity index (χ3n) is 3.37. The molecule has 0 amide bonds. The van der Waals surface area contributed by atoms with Gasteiger partial charge in [-0.05, 0) is 30.5 Å². The van der Waals surface area contributed by atoms with Crippen LogP contribution in [0, 0.1) is 0 Å². The highest BCUT2D eigenvalue weighted by atomic mass is 16.4. The molecule has 19 heavy (non-hydrogen) atoms. The summed E-state index contributed by atoms with van der Waals surface area (Å²) in [5, 5.41) is 14.5. The number of nitrogens with one attached hydrogen (secondary N) is 2. The minimum Gasteiger partial charge on any atom is -0.407 e. The average molecular weight is 258 g/mol. The Hall–Kier alpha value is -1.88. The van der Waals surface area contributed by atoms with E-state index in [4.69, 9.17) is 4.42 Å². The molecule has 1 aliphatic rings. The van der Waals surface area contributed by atoms with Crippen LogP contribution in [0.5, 0.6) is 0 Å². The van der Waals surface area contributed by atoms with Crippen molar-refractivity contribution in [2.24, 2.45) is 0 Å². The first-order valence-corrected chi connectivity index (χ1v) is 6.71. The van der Waals surface area contributed by atoms with E-state index in [1.54, 1.807) is 0 Å². The minimum absolute atomic E-state index is 0.352. The molecule has 2 aromatic rings. The molecule has 0 radical (unpaired) electrons. The van der Waals surface area contributed by atoms with Crippen molar-refractivity contribution in [1.29, 1.82) is 0 Å². The average Bonchev–Trinajstić information content (AvgIpc) is 3.02. The van der Waals surface area contributed by atoms with E-state index < -0.39 is 0 Å². The van der Waals surface area contributed by atoms with Gasteiger partial charge >= 0.3 is 6.01 Å². The Balaban J connectivity index is 1.60. The fourth-order valence-electron chi connectivity index (χ4n) is 2.45. The van der Waals surface area contributed by atoms with Crippen LogP contribution in [0.2, 0.25) is 0 Å². The molecule has 0 bridgehead atoms. The van der Waals surface area contributed by atoms with E-state index in [2.05, 4.69) is 45.1 Å². The zero-order valence-corrected chi connectivity index (χ0v) is 11.0. The standard InChI is InChI=1S/C14H18N4O/c1-2-15-9-13-17-18-14(19-13)16-12-7-10-5-3-4-6-11(10)8-12/h3-6,12,15H,2,7-9H2,1H3,(H,16,18). The van der Waals surface area contributed by atoms with Crippen LogP contribution in [0.1, 0.15) is 23.9 Å². The van der Waals surface area contributed by atoms with Crippen LogP contribution in [0.3, 0.4) is 0 Å². The largest absolute Gasteiger partial charge is 0.407 e. The van der Waals surface area contributed by atoms with Crippen molar-refractivity contribution in [2.45, 2.75) is 32.4 Å². The molecule has 1 aromatic carbocycles. The molecule has 3 rings (SSSR count). The van der Waals surface area contributed by atoms with E-state index in [9.17, 15) is 0 Å². The smallest absolute Gasteiger partial charge is 0.315 e. The lowest BCUT2D eigenvalue weighted by atomic mass is 10.1. The predicted molar refractivity (Wildman–Crippen MR) is 72.9 cm³/mol. The zero-order chi connectivity index (χ0) is 13.1. The second kappa shape index (κ2) is 5.40. The van der Waals surface area contributed by atoms with Crippen molar-refractivity contribution in [1.82, 2.24) is 15.5 Å². The van der Waals surface area contributed by atoms with Crippen LogP contribution in [-0.2, 0) is 19.4 Å². The van der Waals surface area contributed by atoms with Crippen LogP contribution in [0.4, 0.5) is 6.01 Å². The Morgan fingerprint density at radius 2 is 1.95 bits per heavy atom. The normalized spacial score (nSPS) is 14.6. The summed E-state index contributed by atoms with van der Waals surface area (Å²) >= 11 is 0. The molecule has 0 aliphatic heterocycles. The lowest BCUT2D eigenvalue weighted by Gasteiger charge is -2.08. The maximum absolute atomic E-state index is 5.55. The van der Waals surface area contributed by atoms with Gasteiger partial charge in [-0.15, -0.1) is 5.10 Å². The van der Waals surface area contributed by atoms with E-state index in [-0.39, 0.29) is 0 Å². The van der Waals surface area contributed by atoms with E-state index in [0.29, 0.717) is 24.5 Å². The summed E-state index contributed by atoms with van der Waals surface area (Å²) in [4.78, 5) is 0. The fourth-order valence-corrected chi connectivity index (χ4v) is 2.45. The van der Waals surface area contributed by atoms with Crippen LogP contribution in [0.25, 0.3) is 0 Å². The van der Waals surface area contributed by atoms with Gasteiger partial charge in [-0.25, -0.2) is 0 Å². The summed E-state index contributed by atoms with van der Waals surface area (Å²) in [6.45, 7) is 3.56. The van der Waals surface area contributed by atoms with Gasteiger partial charge in [0.15, 0.2) is 0 Å². The number of hydrogen-bond acceptors (Lipinski definition) is 5. The number of rotatable bonds is 5. The first kappa shape index (κ1) is 12.2. The Labute approximate surface area is 112 Å². The van der Waals surface area contributed by atoms with Crippen LogP contribution in [0.15, 0.2) is 28.7 Å². The molecule has 5 nitrogen and oxygen atoms in total. The van der Waals surface area contributed by atoms with Crippen molar-refractivity contribution in [2.75, 3.05) is 11.9 Å². The Kier molecular flexibility index (Phi) is 3.46. The second-order valence-electron chi connectivity index (χ2n) is 4.80. The zero-order valence-electron chi connectivity index (χ0n) is 11.0. The van der Waals surface area contributed by atoms with Crippen LogP contribution in [-0.4, -0.2) is 22.8 Å². The third kappa shape index (κ3) is 2.76. The highest BCUT2D eigenvalue weighted by Crippen LogP contribution is 2.23. The summed E-state index contributed by atoms with van der Waals surface area (Å²) in [5.41, 5.74) is 2.82. The third-order valence-corrected chi connectivity index (χ3v) is 3.37. The van der Waals surface area contributed by atoms with Crippen molar-refractivity contribution in [3.05, 3.63) is 41.3 Å². The lowest BCUT2D eigenvalue weighted by Crippen LogP contribution is -2.19. The number of hydrogen-bond donors (Lipinski definition) is 2. The molecule has 0 unspecified atom stereocenters. The summed E-state index contributed by atoms with van der Waals surface area (Å²) in [5.74, 6) is 0.625. The quantitative estimate of drug-likeness (QED) is 0.855. The maximum atomic E-state index is 5.55. The fraction of sp³-hybridized carbons (Fsp3) is 0.429. The molecule has 1 aromatic heterocycles. The molecule has 0 saturated carbocycles. The summed E-state index contributed by atoms with van der Waals surface area (Å²) in [6, 6.07) is 9.41. The SMILES string of the molecule is CCNCc1nnc(NC2Cc3ccccc3C2)o1. The summed E-state index contributed by atoms with van der Waals surface area (Å²) in [6.07, 6.45) is 2.03. The molecular formula is C14H18N4O. The van der Waals surface area contributed by atoms with Gasteiger partial charge in [0.1, 0.15) is 0 Å². The van der Waals surface area contributed by atoms with Gasteiger partial charge in [0.05, 0.1) is 6.54 Å². The van der Waals surface area contributed by atoms with Crippen LogP contribution >= 0.6 is 0 Å². The molecule has 0 atom stereocenters. The number of fused-ring (bicyclic) bond motifs is 1. The van der Waals surface area contributed by atoms with E-state index in [1.165, 1.54) is 11.1 Å². The molecule has 1 heterocycles. The Morgan fingerprint density at radius 1 is 1.21 bits per heavy atom. The first-order valence-electron chi connectivity index (χ1n) is 6.71. The van der Waals surface area contributed by atoms with Gasteiger partial charge in [-0.2, -0.15) is 0 Å². The van der Waals surface area contributed by atoms with E-state index in [0.717, 1.165) is 19.4 Å². The Bertz CT molecular complexity index is 527. The molecule has 0 spiro atoms. The van der Waals surface area contributed by atoms with Gasteiger partial charge < -0.3 is 15.1 Å². The predicted octanol–water partition coefficient (Wildman–Crippen LogP) is 1.76. The minimum atomic E-state index is 0.352. The number of anilines is 1. The first-order chi connectivity index (χ1) is 9.35. The van der Waals surface area contributed by atoms with Crippen molar-refractivity contribution in [3.63, 3.8) is 0 Å². The van der Waals surface area contributed by atoms with Crippen LogP contribution < -0.4 is 10.6 Å². The molecule has 0 saturated heterocycles. The molecule has 0 fully saturated rings. The second-order valence-corrected chi connectivity index (χ2v) is 4.80. The molecule has 2 N–H and O–H groups in total. The van der Waals surface area contributed by atoms with E-state index >= 15 is 0 Å². The summed E-state index contributed by atoms with van der Waals surface area (Å²) < 4.78 is 5.55. The molecule has 1 aliphatic carbocycles. The number of nitrogens with zero attached hydrogens (tertiary/aromatic N) is 2. The number of benzene rings is 1. The van der Waals surface area contributed by atoms with Gasteiger partial charge in [-0.3, -0.25) is 0 Å². The highest BCUT2D eigenvalue weighted by Gasteiger charge is 2.22. The molecule has 5 heteroatoms. The summed E-state index contributed by atoms with van der Waals surface area (Å²) in [7, 11) is 0. The van der Waals surface area contributed by atoms with Crippen molar-refractivity contribution >= 4 is 6.01 Å². The molecular weight excluding hydrogens is 240 g/mol. The van der Waals surface area contributed by atoms with Gasteiger partial charge in [0, 0.05) is 6.04 Å². The highest BCUT2D eigenvalue weighted by molar-refractivity contribution is 5.37. The lowest BCUT2D eigenvalue weighted by molar-refractivity contribution is 0.477. The maximum Gasteiger partial charge on any atom is 0.315 e. The molecule has 100 valence electrons. The number of aromatic nitrogens is 2. The monoisotopic (exact) mass is 258 g/mol.